The van der Waals surface area contributed by atoms with E-state index in [4.69, 9.17) is 5.11 Å². The Morgan fingerprint density at radius 2 is 2.41 bits per heavy atom. The molecular weight excluding hydrogens is 216 g/mol. The Balaban J connectivity index is 1.97. The fourth-order valence-corrected chi connectivity index (χ4v) is 2.48. The first-order valence-corrected chi connectivity index (χ1v) is 6.09. The molecule has 4 nitrogen and oxygen atoms in total. The molecule has 2 atom stereocenters. The highest BCUT2D eigenvalue weighted by atomic mass is 16.4. The summed E-state index contributed by atoms with van der Waals surface area (Å²) in [5.41, 5.74) is 0.734. The zero-order valence-electron chi connectivity index (χ0n) is 10.0. The van der Waals surface area contributed by atoms with Crippen LogP contribution in [0.25, 0.3) is 0 Å². The number of nitrogens with zero attached hydrogens (tertiary/aromatic N) is 1. The van der Waals surface area contributed by atoms with Gasteiger partial charge in [-0.15, -0.1) is 0 Å². The molecule has 1 fully saturated rings. The number of rotatable bonds is 4. The summed E-state index contributed by atoms with van der Waals surface area (Å²) in [4.78, 5) is 14.8. The van der Waals surface area contributed by atoms with Gasteiger partial charge in [0.05, 0.1) is 5.69 Å². The number of nitrogens with one attached hydrogen (secondary N) is 1. The number of carbonyl (C=O) groups is 1. The van der Waals surface area contributed by atoms with Crippen molar-refractivity contribution in [3.63, 3.8) is 0 Å². The van der Waals surface area contributed by atoms with Gasteiger partial charge in [-0.3, -0.25) is 0 Å². The Kier molecular flexibility index (Phi) is 3.61. The summed E-state index contributed by atoms with van der Waals surface area (Å²) in [5.74, 6) is 0.481. The van der Waals surface area contributed by atoms with Gasteiger partial charge in [-0.1, -0.05) is 13.3 Å². The molecule has 2 rings (SSSR count). The first-order valence-electron chi connectivity index (χ1n) is 6.09. The Hall–Kier alpha value is -1.58. The molecule has 17 heavy (non-hydrogen) atoms. The van der Waals surface area contributed by atoms with Crippen LogP contribution in [0.4, 0.5) is 5.69 Å². The lowest BCUT2D eigenvalue weighted by Crippen LogP contribution is -2.14. The number of aromatic nitrogens is 1. The molecule has 1 aromatic heterocycles. The predicted octanol–water partition coefficient (Wildman–Crippen LogP) is 2.63. The van der Waals surface area contributed by atoms with E-state index < -0.39 is 5.97 Å². The second-order valence-electron chi connectivity index (χ2n) is 4.87. The molecule has 1 saturated carbocycles. The van der Waals surface area contributed by atoms with Gasteiger partial charge in [0.2, 0.25) is 0 Å². The number of carboxylic acid groups (broad SMARTS) is 1. The molecule has 0 spiro atoms. The molecule has 0 aliphatic heterocycles. The van der Waals surface area contributed by atoms with Crippen LogP contribution in [0.15, 0.2) is 18.3 Å². The smallest absolute Gasteiger partial charge is 0.356 e. The maximum atomic E-state index is 11.0. The van der Waals surface area contributed by atoms with Crippen molar-refractivity contribution in [2.75, 3.05) is 11.9 Å². The number of hydrogen-bond acceptors (Lipinski definition) is 3. The fourth-order valence-electron chi connectivity index (χ4n) is 2.48. The maximum Gasteiger partial charge on any atom is 0.356 e. The van der Waals surface area contributed by atoms with Crippen LogP contribution < -0.4 is 5.32 Å². The first kappa shape index (κ1) is 11.9. The zero-order valence-corrected chi connectivity index (χ0v) is 10.0. The third kappa shape index (κ3) is 2.96. The average molecular weight is 234 g/mol. The van der Waals surface area contributed by atoms with Crippen molar-refractivity contribution in [2.45, 2.75) is 26.2 Å². The summed E-state index contributed by atoms with van der Waals surface area (Å²) in [6.45, 7) is 3.11. The molecule has 0 saturated heterocycles. The average Bonchev–Trinajstić information content (AvgIpc) is 2.73. The van der Waals surface area contributed by atoms with Crippen molar-refractivity contribution in [2.24, 2.45) is 11.8 Å². The SMILES string of the molecule is CC1CCC(CNc2cccnc2C(=O)O)C1. The second-order valence-corrected chi connectivity index (χ2v) is 4.87. The van der Waals surface area contributed by atoms with E-state index in [1.807, 2.05) is 0 Å². The van der Waals surface area contributed by atoms with Crippen molar-refractivity contribution in [1.82, 2.24) is 4.98 Å². The largest absolute Gasteiger partial charge is 0.476 e. The van der Waals surface area contributed by atoms with E-state index in [1.165, 1.54) is 25.5 Å². The topological polar surface area (TPSA) is 62.2 Å². The van der Waals surface area contributed by atoms with Crippen molar-refractivity contribution < 1.29 is 9.90 Å². The van der Waals surface area contributed by atoms with E-state index in [0.717, 1.165) is 12.5 Å². The van der Waals surface area contributed by atoms with E-state index >= 15 is 0 Å². The molecule has 4 heteroatoms. The molecule has 1 aromatic rings. The number of carboxylic acids is 1. The summed E-state index contributed by atoms with van der Waals surface area (Å²) in [6.07, 6.45) is 5.25. The molecule has 0 aromatic carbocycles. The van der Waals surface area contributed by atoms with Crippen LogP contribution in [0.2, 0.25) is 0 Å². The van der Waals surface area contributed by atoms with Crippen LogP contribution in [-0.4, -0.2) is 22.6 Å². The van der Waals surface area contributed by atoms with E-state index in [9.17, 15) is 4.79 Å². The molecule has 92 valence electrons. The predicted molar refractivity (Wildman–Crippen MR) is 66.2 cm³/mol. The highest BCUT2D eigenvalue weighted by Crippen LogP contribution is 2.30. The Morgan fingerprint density at radius 1 is 1.59 bits per heavy atom. The molecular formula is C13H18N2O2. The van der Waals surface area contributed by atoms with Crippen molar-refractivity contribution >= 4 is 11.7 Å². The highest BCUT2D eigenvalue weighted by molar-refractivity contribution is 5.91. The van der Waals surface area contributed by atoms with Crippen LogP contribution in [0, 0.1) is 11.8 Å². The summed E-state index contributed by atoms with van der Waals surface area (Å²) in [5, 5.41) is 12.2. The van der Waals surface area contributed by atoms with Crippen LogP contribution >= 0.6 is 0 Å². The van der Waals surface area contributed by atoms with Gasteiger partial charge in [0.1, 0.15) is 0 Å². The lowest BCUT2D eigenvalue weighted by atomic mass is 10.1. The van der Waals surface area contributed by atoms with Gasteiger partial charge < -0.3 is 10.4 Å². The minimum Gasteiger partial charge on any atom is -0.476 e. The van der Waals surface area contributed by atoms with Crippen LogP contribution in [0.1, 0.15) is 36.7 Å². The molecule has 2 unspecified atom stereocenters. The lowest BCUT2D eigenvalue weighted by Gasteiger charge is -2.13. The van der Waals surface area contributed by atoms with Crippen LogP contribution in [0.3, 0.4) is 0 Å². The van der Waals surface area contributed by atoms with Gasteiger partial charge in [0.15, 0.2) is 5.69 Å². The van der Waals surface area contributed by atoms with Gasteiger partial charge in [-0.2, -0.15) is 0 Å². The molecule has 0 bridgehead atoms. The molecule has 0 amide bonds. The molecule has 1 aliphatic rings. The minimum absolute atomic E-state index is 0.110. The van der Waals surface area contributed by atoms with Gasteiger partial charge in [-0.05, 0) is 36.8 Å². The van der Waals surface area contributed by atoms with E-state index in [0.29, 0.717) is 11.6 Å². The zero-order chi connectivity index (χ0) is 12.3. The third-order valence-corrected chi connectivity index (χ3v) is 3.39. The molecule has 1 heterocycles. The maximum absolute atomic E-state index is 11.0. The Bertz CT molecular complexity index is 406. The van der Waals surface area contributed by atoms with Crippen molar-refractivity contribution in [3.8, 4) is 0 Å². The normalized spacial score (nSPS) is 23.6. The summed E-state index contributed by atoms with van der Waals surface area (Å²) in [6, 6.07) is 3.53. The van der Waals surface area contributed by atoms with Gasteiger partial charge in [0, 0.05) is 12.7 Å². The molecule has 0 radical (unpaired) electrons. The number of aromatic carboxylic acids is 1. The van der Waals surface area contributed by atoms with Gasteiger partial charge >= 0.3 is 5.97 Å². The number of pyridine rings is 1. The summed E-state index contributed by atoms with van der Waals surface area (Å²) < 4.78 is 0. The van der Waals surface area contributed by atoms with Crippen LogP contribution in [-0.2, 0) is 0 Å². The summed E-state index contributed by atoms with van der Waals surface area (Å²) in [7, 11) is 0. The van der Waals surface area contributed by atoms with Crippen molar-refractivity contribution in [3.05, 3.63) is 24.0 Å². The minimum atomic E-state index is -0.979. The number of hydrogen-bond donors (Lipinski definition) is 2. The Labute approximate surface area is 101 Å². The van der Waals surface area contributed by atoms with E-state index in [1.54, 1.807) is 12.1 Å². The Morgan fingerprint density at radius 3 is 3.06 bits per heavy atom. The third-order valence-electron chi connectivity index (χ3n) is 3.39. The van der Waals surface area contributed by atoms with Crippen LogP contribution in [0.5, 0.6) is 0 Å². The standard InChI is InChI=1S/C13H18N2O2/c1-9-4-5-10(7-9)8-15-11-3-2-6-14-12(11)13(16)17/h2-3,6,9-10,15H,4-5,7-8H2,1H3,(H,16,17). The summed E-state index contributed by atoms with van der Waals surface area (Å²) >= 11 is 0. The molecule has 1 aliphatic carbocycles. The lowest BCUT2D eigenvalue weighted by molar-refractivity contribution is 0.0691. The fraction of sp³-hybridized carbons (Fsp3) is 0.538. The van der Waals surface area contributed by atoms with Gasteiger partial charge in [-0.25, -0.2) is 9.78 Å². The highest BCUT2D eigenvalue weighted by Gasteiger charge is 2.21. The monoisotopic (exact) mass is 234 g/mol. The van der Waals surface area contributed by atoms with E-state index in [-0.39, 0.29) is 5.69 Å². The first-order chi connectivity index (χ1) is 8.16. The number of anilines is 1. The van der Waals surface area contributed by atoms with Crippen molar-refractivity contribution in [1.29, 1.82) is 0 Å². The van der Waals surface area contributed by atoms with Gasteiger partial charge in [0.25, 0.3) is 0 Å². The second kappa shape index (κ2) is 5.17. The van der Waals surface area contributed by atoms with E-state index in [2.05, 4.69) is 17.2 Å². The molecule has 2 N–H and O–H groups in total. The quantitative estimate of drug-likeness (QED) is 0.840.